The predicted molar refractivity (Wildman–Crippen MR) is 77.4 cm³/mol. The molecule has 2 aromatic heterocycles. The van der Waals surface area contributed by atoms with Crippen molar-refractivity contribution in [1.29, 1.82) is 0 Å². The molecule has 1 fully saturated rings. The van der Waals surface area contributed by atoms with Crippen LogP contribution in [-0.2, 0) is 0 Å². The summed E-state index contributed by atoms with van der Waals surface area (Å²) in [4.78, 5) is 8.78. The molecule has 0 aliphatic heterocycles. The summed E-state index contributed by atoms with van der Waals surface area (Å²) in [6.45, 7) is 2.24. The summed E-state index contributed by atoms with van der Waals surface area (Å²) in [7, 11) is 0. The third kappa shape index (κ3) is 2.61. The highest BCUT2D eigenvalue weighted by molar-refractivity contribution is 9.10. The van der Waals surface area contributed by atoms with Gasteiger partial charge in [0.15, 0.2) is 0 Å². The van der Waals surface area contributed by atoms with Gasteiger partial charge in [0.1, 0.15) is 10.7 Å². The van der Waals surface area contributed by atoms with Crippen molar-refractivity contribution in [2.75, 3.05) is 0 Å². The van der Waals surface area contributed by atoms with Crippen LogP contribution in [0.3, 0.4) is 0 Å². The fraction of sp³-hybridized carbons (Fsp3) is 0.571. The van der Waals surface area contributed by atoms with E-state index in [4.69, 9.17) is 4.74 Å². The van der Waals surface area contributed by atoms with E-state index in [1.807, 2.05) is 16.8 Å². The molecule has 3 rings (SSSR count). The molecular weight excluding hydrogens is 306 g/mol. The summed E-state index contributed by atoms with van der Waals surface area (Å²) < 4.78 is 8.90. The van der Waals surface area contributed by atoms with Gasteiger partial charge in [0.25, 0.3) is 5.88 Å². The number of hydrogen-bond acceptors (Lipinski definition) is 3. The molecule has 1 aliphatic carbocycles. The van der Waals surface area contributed by atoms with Crippen molar-refractivity contribution in [3.8, 4) is 5.88 Å². The van der Waals surface area contributed by atoms with Gasteiger partial charge in [-0.3, -0.25) is 4.40 Å². The predicted octanol–water partition coefficient (Wildman–Crippen LogP) is 3.84. The van der Waals surface area contributed by atoms with Crippen LogP contribution in [0.1, 0.15) is 39.0 Å². The van der Waals surface area contributed by atoms with Gasteiger partial charge in [-0.15, -0.1) is 0 Å². The molecule has 2 atom stereocenters. The highest BCUT2D eigenvalue weighted by Crippen LogP contribution is 2.31. The second-order valence-electron chi connectivity index (χ2n) is 5.14. The number of hydrogen-bond donors (Lipinski definition) is 0. The van der Waals surface area contributed by atoms with Crippen LogP contribution in [0.25, 0.3) is 5.65 Å². The molecule has 2 heterocycles. The van der Waals surface area contributed by atoms with Crippen molar-refractivity contribution in [3.63, 3.8) is 0 Å². The minimum atomic E-state index is 0.279. The van der Waals surface area contributed by atoms with Gasteiger partial charge in [0.05, 0.1) is 0 Å². The lowest BCUT2D eigenvalue weighted by Gasteiger charge is -2.30. The van der Waals surface area contributed by atoms with E-state index in [0.29, 0.717) is 11.8 Å². The lowest BCUT2D eigenvalue weighted by Crippen LogP contribution is -2.30. The van der Waals surface area contributed by atoms with Gasteiger partial charge >= 0.3 is 0 Å². The monoisotopic (exact) mass is 323 g/mol. The fourth-order valence-corrected chi connectivity index (χ4v) is 3.27. The Kier molecular flexibility index (Phi) is 3.73. The second kappa shape index (κ2) is 5.49. The summed E-state index contributed by atoms with van der Waals surface area (Å²) in [6.07, 6.45) is 12.0. The molecular formula is C14H18BrN3O. The standard InChI is InChI=1S/C14H18BrN3O/c1-2-10-5-3-4-6-11(10)19-14-13-16-7-8-18(13)9-12(15)17-14/h7-11H,2-6H2,1H3. The molecule has 2 unspecified atom stereocenters. The van der Waals surface area contributed by atoms with Crippen LogP contribution >= 0.6 is 15.9 Å². The molecule has 1 aliphatic rings. The minimum absolute atomic E-state index is 0.279. The molecule has 0 amide bonds. The number of aromatic nitrogens is 3. The van der Waals surface area contributed by atoms with E-state index >= 15 is 0 Å². The topological polar surface area (TPSA) is 39.4 Å². The Morgan fingerprint density at radius 3 is 3.11 bits per heavy atom. The van der Waals surface area contributed by atoms with Crippen LogP contribution in [0, 0.1) is 5.92 Å². The van der Waals surface area contributed by atoms with Gasteiger partial charge in [0.2, 0.25) is 5.65 Å². The summed E-state index contributed by atoms with van der Waals surface area (Å²) >= 11 is 3.43. The number of rotatable bonds is 3. The Labute approximate surface area is 121 Å². The maximum Gasteiger partial charge on any atom is 0.259 e. The van der Waals surface area contributed by atoms with Crippen LogP contribution in [0.5, 0.6) is 5.88 Å². The van der Waals surface area contributed by atoms with Crippen molar-refractivity contribution in [2.45, 2.75) is 45.1 Å². The van der Waals surface area contributed by atoms with Crippen LogP contribution in [0.4, 0.5) is 0 Å². The van der Waals surface area contributed by atoms with E-state index in [2.05, 4.69) is 32.8 Å². The first-order valence-corrected chi connectivity index (χ1v) is 7.73. The number of ether oxygens (including phenoxy) is 1. The van der Waals surface area contributed by atoms with Gasteiger partial charge in [-0.05, 0) is 47.5 Å². The molecule has 4 nitrogen and oxygen atoms in total. The van der Waals surface area contributed by atoms with E-state index in [9.17, 15) is 0 Å². The molecule has 0 saturated heterocycles. The molecule has 0 N–H and O–H groups in total. The summed E-state index contributed by atoms with van der Waals surface area (Å²) in [5.74, 6) is 1.29. The number of fused-ring (bicyclic) bond motifs is 1. The minimum Gasteiger partial charge on any atom is -0.471 e. The average molecular weight is 324 g/mol. The summed E-state index contributed by atoms with van der Waals surface area (Å²) in [5.41, 5.74) is 0.795. The number of imidazole rings is 1. The zero-order valence-corrected chi connectivity index (χ0v) is 12.6. The largest absolute Gasteiger partial charge is 0.471 e. The number of nitrogens with zero attached hydrogens (tertiary/aromatic N) is 3. The Morgan fingerprint density at radius 1 is 1.42 bits per heavy atom. The summed E-state index contributed by atoms with van der Waals surface area (Å²) in [6, 6.07) is 0. The van der Waals surface area contributed by atoms with Crippen molar-refractivity contribution < 1.29 is 4.74 Å². The molecule has 0 aromatic carbocycles. The Bertz CT molecular complexity index is 569. The van der Waals surface area contributed by atoms with Gasteiger partial charge in [-0.2, -0.15) is 0 Å². The first kappa shape index (κ1) is 12.9. The smallest absolute Gasteiger partial charge is 0.259 e. The van der Waals surface area contributed by atoms with Crippen LogP contribution < -0.4 is 4.74 Å². The normalized spacial score (nSPS) is 23.7. The summed E-state index contributed by atoms with van der Waals surface area (Å²) in [5, 5.41) is 0. The van der Waals surface area contributed by atoms with Gasteiger partial charge in [0, 0.05) is 18.6 Å². The molecule has 2 aromatic rings. The highest BCUT2D eigenvalue weighted by atomic mass is 79.9. The third-order valence-corrected chi connectivity index (χ3v) is 4.32. The van der Waals surface area contributed by atoms with Crippen LogP contribution in [0.15, 0.2) is 23.2 Å². The maximum atomic E-state index is 6.19. The van der Waals surface area contributed by atoms with Crippen molar-refractivity contribution in [2.24, 2.45) is 5.92 Å². The maximum absolute atomic E-state index is 6.19. The molecule has 5 heteroatoms. The highest BCUT2D eigenvalue weighted by Gasteiger charge is 2.26. The lowest BCUT2D eigenvalue weighted by atomic mass is 9.85. The molecule has 0 radical (unpaired) electrons. The van der Waals surface area contributed by atoms with E-state index < -0.39 is 0 Å². The van der Waals surface area contributed by atoms with E-state index in [1.165, 1.54) is 25.7 Å². The quantitative estimate of drug-likeness (QED) is 0.861. The molecule has 0 bridgehead atoms. The molecule has 1 saturated carbocycles. The van der Waals surface area contributed by atoms with Crippen LogP contribution in [-0.4, -0.2) is 20.5 Å². The first-order chi connectivity index (χ1) is 9.28. The Balaban J connectivity index is 1.89. The zero-order chi connectivity index (χ0) is 13.2. The van der Waals surface area contributed by atoms with E-state index in [-0.39, 0.29) is 6.10 Å². The third-order valence-electron chi connectivity index (χ3n) is 3.94. The lowest BCUT2D eigenvalue weighted by molar-refractivity contribution is 0.0867. The Hall–Kier alpha value is -1.10. The average Bonchev–Trinajstić information content (AvgIpc) is 2.87. The Morgan fingerprint density at radius 2 is 2.26 bits per heavy atom. The van der Waals surface area contributed by atoms with Gasteiger partial charge in [-0.1, -0.05) is 13.3 Å². The number of halogens is 1. The molecule has 102 valence electrons. The van der Waals surface area contributed by atoms with Gasteiger partial charge < -0.3 is 4.74 Å². The zero-order valence-electron chi connectivity index (χ0n) is 11.1. The molecule has 19 heavy (non-hydrogen) atoms. The molecule has 0 spiro atoms. The second-order valence-corrected chi connectivity index (χ2v) is 5.95. The fourth-order valence-electron chi connectivity index (χ4n) is 2.89. The van der Waals surface area contributed by atoms with E-state index in [1.54, 1.807) is 6.20 Å². The van der Waals surface area contributed by atoms with Crippen LogP contribution in [0.2, 0.25) is 0 Å². The van der Waals surface area contributed by atoms with Crippen molar-refractivity contribution >= 4 is 21.6 Å². The van der Waals surface area contributed by atoms with Crippen molar-refractivity contribution in [3.05, 3.63) is 23.2 Å². The SMILES string of the molecule is CCC1CCCCC1Oc1nc(Br)cn2ccnc12. The first-order valence-electron chi connectivity index (χ1n) is 6.94. The van der Waals surface area contributed by atoms with E-state index in [0.717, 1.165) is 16.7 Å². The van der Waals surface area contributed by atoms with Crippen molar-refractivity contribution in [1.82, 2.24) is 14.4 Å². The van der Waals surface area contributed by atoms with Gasteiger partial charge in [-0.25, -0.2) is 9.97 Å².